The van der Waals surface area contributed by atoms with Crippen molar-refractivity contribution in [1.82, 2.24) is 0 Å². The van der Waals surface area contributed by atoms with E-state index in [2.05, 4.69) is 0 Å². The summed E-state index contributed by atoms with van der Waals surface area (Å²) in [6, 6.07) is 5.66. The van der Waals surface area contributed by atoms with Crippen LogP contribution in [0.3, 0.4) is 0 Å². The first-order valence-corrected chi connectivity index (χ1v) is 9.46. The molecule has 5 atom stereocenters. The third-order valence-corrected chi connectivity index (χ3v) is 5.28. The molecule has 1 saturated carbocycles. The fraction of sp³-hybridized carbons (Fsp3) is 0.600. The molecule has 1 aliphatic carbocycles. The van der Waals surface area contributed by atoms with Crippen LogP contribution in [0.15, 0.2) is 24.3 Å². The maximum Gasteiger partial charge on any atom is 0.344 e. The van der Waals surface area contributed by atoms with Crippen LogP contribution in [0.4, 0.5) is 0 Å². The highest BCUT2D eigenvalue weighted by atomic mass is 16.6. The Balaban J connectivity index is 2.58. The van der Waals surface area contributed by atoms with Gasteiger partial charge in [0, 0.05) is 12.8 Å². The molecule has 0 radical (unpaired) electrons. The van der Waals surface area contributed by atoms with Gasteiger partial charge in [0.15, 0.2) is 6.04 Å². The Bertz CT molecular complexity index is 671. The lowest BCUT2D eigenvalue weighted by atomic mass is 9.64. The minimum atomic E-state index is -2.35. The summed E-state index contributed by atoms with van der Waals surface area (Å²) in [5.41, 5.74) is -2.95. The number of ether oxygens (including phenoxy) is 2. The third kappa shape index (κ3) is 4.05. The van der Waals surface area contributed by atoms with Crippen LogP contribution in [0.2, 0.25) is 0 Å². The van der Waals surface area contributed by atoms with Crippen LogP contribution in [0.1, 0.15) is 43.7 Å². The maximum absolute atomic E-state index is 12.6. The number of hydroxylamine groups is 2. The van der Waals surface area contributed by atoms with Crippen molar-refractivity contribution < 1.29 is 34.3 Å². The molecule has 28 heavy (non-hydrogen) atoms. The number of aryl methyl sites for hydroxylation is 1. The number of likely N-dealkylation sites (N-methyl/N-ethyl adjacent to an activating group) is 1. The SMILES string of the molecule is CCOC(=O)[C@]1(O)CC(c2ccc(C)cc2)C[C@](O)(C(=O)OCC)C1[NH+](C)[O-]. The van der Waals surface area contributed by atoms with Crippen LogP contribution < -0.4 is 5.06 Å². The molecule has 2 rings (SSSR count). The molecule has 0 spiro atoms. The lowest BCUT2D eigenvalue weighted by Crippen LogP contribution is -3.15. The minimum absolute atomic E-state index is 0.0151. The van der Waals surface area contributed by atoms with Gasteiger partial charge < -0.3 is 30.0 Å². The van der Waals surface area contributed by atoms with Crippen LogP contribution in [0.5, 0.6) is 0 Å². The summed E-state index contributed by atoms with van der Waals surface area (Å²) < 4.78 is 9.99. The lowest BCUT2D eigenvalue weighted by molar-refractivity contribution is -0.871. The zero-order chi connectivity index (χ0) is 21.1. The number of hydrogen-bond donors (Lipinski definition) is 3. The van der Waals surface area contributed by atoms with Crippen LogP contribution in [0.25, 0.3) is 0 Å². The number of esters is 2. The first-order chi connectivity index (χ1) is 13.1. The van der Waals surface area contributed by atoms with Crippen molar-refractivity contribution >= 4 is 11.9 Å². The summed E-state index contributed by atoms with van der Waals surface area (Å²) in [7, 11) is 1.13. The van der Waals surface area contributed by atoms with E-state index in [0.29, 0.717) is 0 Å². The molecule has 1 aromatic rings. The summed E-state index contributed by atoms with van der Waals surface area (Å²) in [6.07, 6.45) is -0.304. The van der Waals surface area contributed by atoms with Gasteiger partial charge in [0.25, 0.3) is 0 Å². The molecule has 1 fully saturated rings. The Morgan fingerprint density at radius 3 is 1.86 bits per heavy atom. The number of carbonyl (C=O) groups is 2. The van der Waals surface area contributed by atoms with Crippen molar-refractivity contribution in [2.45, 2.75) is 56.8 Å². The third-order valence-electron chi connectivity index (χ3n) is 5.28. The predicted molar refractivity (Wildman–Crippen MR) is 100 cm³/mol. The molecule has 3 unspecified atom stereocenters. The second-order valence-electron chi connectivity index (χ2n) is 7.35. The molecule has 0 aliphatic heterocycles. The number of benzene rings is 1. The molecular weight excluding hydrogens is 366 g/mol. The largest absolute Gasteiger partial charge is 0.634 e. The van der Waals surface area contributed by atoms with Gasteiger partial charge in [-0.1, -0.05) is 29.8 Å². The van der Waals surface area contributed by atoms with Crippen LogP contribution in [0, 0.1) is 12.1 Å². The van der Waals surface area contributed by atoms with Gasteiger partial charge in [0.1, 0.15) is 0 Å². The van der Waals surface area contributed by atoms with Crippen LogP contribution >= 0.6 is 0 Å². The average Bonchev–Trinajstić information content (AvgIpc) is 2.61. The second kappa shape index (κ2) is 8.57. The number of carbonyl (C=O) groups excluding carboxylic acids is 2. The molecule has 0 amide bonds. The van der Waals surface area contributed by atoms with Crippen molar-refractivity contribution in [3.05, 3.63) is 40.6 Å². The Morgan fingerprint density at radius 1 is 1.07 bits per heavy atom. The van der Waals surface area contributed by atoms with E-state index in [1.54, 1.807) is 13.8 Å². The average molecular weight is 395 g/mol. The predicted octanol–water partition coefficient (Wildman–Crippen LogP) is -0.158. The first kappa shape index (κ1) is 22.3. The second-order valence-corrected chi connectivity index (χ2v) is 7.35. The van der Waals surface area contributed by atoms with Crippen molar-refractivity contribution in [3.63, 3.8) is 0 Å². The number of quaternary nitrogens is 1. The smallest absolute Gasteiger partial charge is 0.344 e. The van der Waals surface area contributed by atoms with E-state index in [1.807, 2.05) is 31.2 Å². The Morgan fingerprint density at radius 2 is 1.50 bits per heavy atom. The summed E-state index contributed by atoms with van der Waals surface area (Å²) in [4.78, 5) is 25.3. The number of hydrogen-bond acceptors (Lipinski definition) is 7. The van der Waals surface area contributed by atoms with Gasteiger partial charge in [-0.25, -0.2) is 9.59 Å². The highest BCUT2D eigenvalue weighted by Gasteiger charge is 2.67. The standard InChI is InChI=1S/C20H29NO7/c1-5-27-17(22)19(24)11-15(14-9-7-13(3)8-10-14)12-20(25,16(19)21(4)26)18(23)28-6-2/h7-10,15-16,21,24-25H,5-6,11-12H2,1-4H3/t15?,16?,19-,20+. The fourth-order valence-corrected chi connectivity index (χ4v) is 4.12. The van der Waals surface area contributed by atoms with E-state index >= 15 is 0 Å². The number of aliphatic hydroxyl groups is 2. The molecule has 3 N–H and O–H groups in total. The Labute approximate surface area is 164 Å². The van der Waals surface area contributed by atoms with Gasteiger partial charge in [-0.15, -0.1) is 0 Å². The Hall–Kier alpha value is -2.00. The number of nitrogens with one attached hydrogen (secondary N) is 1. The summed E-state index contributed by atoms with van der Waals surface area (Å²) in [5, 5.41) is 34.3. The highest BCUT2D eigenvalue weighted by Crippen LogP contribution is 2.44. The van der Waals surface area contributed by atoms with Gasteiger partial charge in [-0.05, 0) is 32.3 Å². The number of rotatable bonds is 6. The molecule has 1 aromatic carbocycles. The Kier molecular flexibility index (Phi) is 6.82. The molecule has 0 aromatic heterocycles. The van der Waals surface area contributed by atoms with E-state index in [4.69, 9.17) is 9.47 Å². The first-order valence-electron chi connectivity index (χ1n) is 9.46. The van der Waals surface area contributed by atoms with E-state index in [1.165, 1.54) is 0 Å². The fourth-order valence-electron chi connectivity index (χ4n) is 4.12. The molecule has 1 aliphatic rings. The molecule has 156 valence electrons. The van der Waals surface area contributed by atoms with E-state index in [9.17, 15) is 25.0 Å². The molecule has 0 heterocycles. The van der Waals surface area contributed by atoms with Gasteiger partial charge in [-0.2, -0.15) is 0 Å². The normalized spacial score (nSPS) is 31.1. The summed E-state index contributed by atoms with van der Waals surface area (Å²) in [5.74, 6) is -2.62. The van der Waals surface area contributed by atoms with E-state index in [-0.39, 0.29) is 26.1 Å². The maximum atomic E-state index is 12.6. The van der Waals surface area contributed by atoms with Gasteiger partial charge >= 0.3 is 11.9 Å². The van der Waals surface area contributed by atoms with Gasteiger partial charge in [0.05, 0.1) is 20.3 Å². The molecule has 0 bridgehead atoms. The highest BCUT2D eigenvalue weighted by molar-refractivity contribution is 5.86. The zero-order valence-corrected chi connectivity index (χ0v) is 16.7. The van der Waals surface area contributed by atoms with Crippen molar-refractivity contribution in [2.75, 3.05) is 20.3 Å². The quantitative estimate of drug-likeness (QED) is 0.452. The van der Waals surface area contributed by atoms with Gasteiger partial charge in [-0.3, -0.25) is 0 Å². The monoisotopic (exact) mass is 395 g/mol. The van der Waals surface area contributed by atoms with Gasteiger partial charge in [0.2, 0.25) is 11.2 Å². The lowest BCUT2D eigenvalue weighted by Gasteiger charge is -2.50. The molecular formula is C20H29NO7. The van der Waals surface area contributed by atoms with Crippen molar-refractivity contribution in [2.24, 2.45) is 0 Å². The molecule has 8 nitrogen and oxygen atoms in total. The van der Waals surface area contributed by atoms with E-state index < -0.39 is 40.2 Å². The van der Waals surface area contributed by atoms with Crippen molar-refractivity contribution in [3.8, 4) is 0 Å². The summed E-state index contributed by atoms with van der Waals surface area (Å²) >= 11 is 0. The van der Waals surface area contributed by atoms with E-state index in [0.717, 1.165) is 18.2 Å². The van der Waals surface area contributed by atoms with Crippen LogP contribution in [-0.4, -0.2) is 59.7 Å². The topological polar surface area (TPSA) is 121 Å². The molecule has 0 saturated heterocycles. The molecule has 8 heteroatoms. The zero-order valence-electron chi connectivity index (χ0n) is 16.7. The van der Waals surface area contributed by atoms with Crippen LogP contribution in [-0.2, 0) is 19.1 Å². The summed E-state index contributed by atoms with van der Waals surface area (Å²) in [6.45, 7) is 5.03. The minimum Gasteiger partial charge on any atom is -0.634 e. The van der Waals surface area contributed by atoms with Crippen molar-refractivity contribution in [1.29, 1.82) is 0 Å².